The SMILES string of the molecule is CCn1ncnc1-c1ccnc(CN)c1. The van der Waals surface area contributed by atoms with E-state index < -0.39 is 0 Å². The van der Waals surface area contributed by atoms with Gasteiger partial charge in [-0.2, -0.15) is 5.10 Å². The number of hydrogen-bond donors (Lipinski definition) is 1. The van der Waals surface area contributed by atoms with E-state index in [0.717, 1.165) is 23.6 Å². The molecule has 0 fully saturated rings. The Morgan fingerprint density at radius 2 is 2.27 bits per heavy atom. The molecule has 0 saturated heterocycles. The Labute approximate surface area is 88.0 Å². The summed E-state index contributed by atoms with van der Waals surface area (Å²) in [5.74, 6) is 0.856. The topological polar surface area (TPSA) is 69.6 Å². The molecule has 2 aromatic heterocycles. The van der Waals surface area contributed by atoms with Gasteiger partial charge in [0.15, 0.2) is 5.82 Å². The van der Waals surface area contributed by atoms with E-state index in [0.29, 0.717) is 6.54 Å². The normalized spacial score (nSPS) is 10.5. The van der Waals surface area contributed by atoms with Gasteiger partial charge < -0.3 is 5.73 Å². The van der Waals surface area contributed by atoms with Crippen LogP contribution in [-0.4, -0.2) is 19.7 Å². The largest absolute Gasteiger partial charge is 0.325 e. The minimum atomic E-state index is 0.439. The maximum atomic E-state index is 5.54. The number of rotatable bonds is 3. The Kier molecular flexibility index (Phi) is 2.73. The number of aromatic nitrogens is 4. The van der Waals surface area contributed by atoms with E-state index in [-0.39, 0.29) is 0 Å². The molecule has 5 heteroatoms. The van der Waals surface area contributed by atoms with E-state index in [4.69, 9.17) is 5.73 Å². The van der Waals surface area contributed by atoms with Gasteiger partial charge in [0.25, 0.3) is 0 Å². The fraction of sp³-hybridized carbons (Fsp3) is 0.300. The average Bonchev–Trinajstić information content (AvgIpc) is 2.77. The van der Waals surface area contributed by atoms with E-state index in [1.54, 1.807) is 12.5 Å². The van der Waals surface area contributed by atoms with E-state index in [2.05, 4.69) is 15.1 Å². The van der Waals surface area contributed by atoms with Gasteiger partial charge in [-0.05, 0) is 19.1 Å². The van der Waals surface area contributed by atoms with Crippen molar-refractivity contribution in [3.63, 3.8) is 0 Å². The summed E-state index contributed by atoms with van der Waals surface area (Å²) in [6.07, 6.45) is 3.30. The molecule has 0 bridgehead atoms. The predicted octanol–water partition coefficient (Wildman–Crippen LogP) is 0.819. The van der Waals surface area contributed by atoms with E-state index in [1.807, 2.05) is 23.7 Å². The van der Waals surface area contributed by atoms with Crippen molar-refractivity contribution in [1.82, 2.24) is 19.7 Å². The van der Waals surface area contributed by atoms with Crippen molar-refractivity contribution < 1.29 is 0 Å². The van der Waals surface area contributed by atoms with Crippen molar-refractivity contribution in [3.8, 4) is 11.4 Å². The molecule has 2 heterocycles. The first-order valence-electron chi connectivity index (χ1n) is 4.88. The summed E-state index contributed by atoms with van der Waals surface area (Å²) in [5.41, 5.74) is 7.40. The molecule has 0 spiro atoms. The number of nitrogens with two attached hydrogens (primary N) is 1. The second-order valence-electron chi connectivity index (χ2n) is 3.14. The molecule has 2 N–H and O–H groups in total. The first-order valence-corrected chi connectivity index (χ1v) is 4.88. The molecule has 78 valence electrons. The van der Waals surface area contributed by atoms with Gasteiger partial charge in [0, 0.05) is 24.8 Å². The molecule has 2 aromatic rings. The van der Waals surface area contributed by atoms with Crippen LogP contribution in [0.25, 0.3) is 11.4 Å². The monoisotopic (exact) mass is 203 g/mol. The van der Waals surface area contributed by atoms with E-state index in [9.17, 15) is 0 Å². The van der Waals surface area contributed by atoms with Crippen LogP contribution >= 0.6 is 0 Å². The van der Waals surface area contributed by atoms with Crippen LogP contribution in [0.4, 0.5) is 0 Å². The highest BCUT2D eigenvalue weighted by molar-refractivity contribution is 5.54. The summed E-state index contributed by atoms with van der Waals surface area (Å²) in [6, 6.07) is 3.85. The molecule has 0 aliphatic carbocycles. The number of pyridine rings is 1. The van der Waals surface area contributed by atoms with Crippen molar-refractivity contribution in [2.75, 3.05) is 0 Å². The number of aryl methyl sites for hydroxylation is 1. The third kappa shape index (κ3) is 1.87. The Bertz CT molecular complexity index is 449. The summed E-state index contributed by atoms with van der Waals surface area (Å²) >= 11 is 0. The van der Waals surface area contributed by atoms with Crippen LogP contribution in [0.5, 0.6) is 0 Å². The zero-order valence-corrected chi connectivity index (χ0v) is 8.59. The molecule has 0 saturated carbocycles. The van der Waals surface area contributed by atoms with E-state index in [1.165, 1.54) is 0 Å². The van der Waals surface area contributed by atoms with Crippen molar-refractivity contribution in [2.45, 2.75) is 20.0 Å². The molecular formula is C10H13N5. The number of nitrogens with zero attached hydrogens (tertiary/aromatic N) is 4. The molecule has 0 amide bonds. The third-order valence-electron chi connectivity index (χ3n) is 2.20. The minimum absolute atomic E-state index is 0.439. The van der Waals surface area contributed by atoms with E-state index >= 15 is 0 Å². The van der Waals surface area contributed by atoms with Crippen LogP contribution < -0.4 is 5.73 Å². The van der Waals surface area contributed by atoms with Crippen LogP contribution in [0.1, 0.15) is 12.6 Å². The van der Waals surface area contributed by atoms with Crippen LogP contribution in [0.2, 0.25) is 0 Å². The predicted molar refractivity (Wildman–Crippen MR) is 56.8 cm³/mol. The molecule has 0 aromatic carbocycles. The molecule has 15 heavy (non-hydrogen) atoms. The quantitative estimate of drug-likeness (QED) is 0.801. The second kappa shape index (κ2) is 4.18. The van der Waals surface area contributed by atoms with Gasteiger partial charge >= 0.3 is 0 Å². The van der Waals surface area contributed by atoms with Crippen molar-refractivity contribution in [3.05, 3.63) is 30.4 Å². The second-order valence-corrected chi connectivity index (χ2v) is 3.14. The molecule has 2 rings (SSSR count). The number of hydrogen-bond acceptors (Lipinski definition) is 4. The maximum Gasteiger partial charge on any atom is 0.158 e. The fourth-order valence-corrected chi connectivity index (χ4v) is 1.45. The lowest BCUT2D eigenvalue weighted by Gasteiger charge is -2.03. The van der Waals surface area contributed by atoms with Gasteiger partial charge in [0.1, 0.15) is 6.33 Å². The zero-order valence-electron chi connectivity index (χ0n) is 8.59. The smallest absolute Gasteiger partial charge is 0.158 e. The zero-order chi connectivity index (χ0) is 10.7. The Hall–Kier alpha value is -1.75. The minimum Gasteiger partial charge on any atom is -0.325 e. The Balaban J connectivity index is 2.44. The van der Waals surface area contributed by atoms with Gasteiger partial charge in [-0.25, -0.2) is 9.67 Å². The summed E-state index contributed by atoms with van der Waals surface area (Å²) in [7, 11) is 0. The Morgan fingerprint density at radius 1 is 1.40 bits per heavy atom. The first kappa shape index (κ1) is 9.79. The summed E-state index contributed by atoms with van der Waals surface area (Å²) in [5, 5.41) is 4.12. The summed E-state index contributed by atoms with van der Waals surface area (Å²) < 4.78 is 1.84. The van der Waals surface area contributed by atoms with Gasteiger partial charge in [0.2, 0.25) is 0 Å². The first-order chi connectivity index (χ1) is 7.35. The van der Waals surface area contributed by atoms with Gasteiger partial charge in [-0.15, -0.1) is 0 Å². The highest BCUT2D eigenvalue weighted by Gasteiger charge is 2.06. The van der Waals surface area contributed by atoms with Gasteiger partial charge in [-0.1, -0.05) is 0 Å². The molecule has 0 unspecified atom stereocenters. The summed E-state index contributed by atoms with van der Waals surface area (Å²) in [4.78, 5) is 8.36. The molecule has 5 nitrogen and oxygen atoms in total. The molecule has 0 aliphatic rings. The fourth-order valence-electron chi connectivity index (χ4n) is 1.45. The lowest BCUT2D eigenvalue weighted by Crippen LogP contribution is -2.02. The average molecular weight is 203 g/mol. The van der Waals surface area contributed by atoms with Crippen molar-refractivity contribution in [1.29, 1.82) is 0 Å². The van der Waals surface area contributed by atoms with Crippen LogP contribution in [0.3, 0.4) is 0 Å². The lowest BCUT2D eigenvalue weighted by atomic mass is 10.2. The van der Waals surface area contributed by atoms with Crippen LogP contribution in [0, 0.1) is 0 Å². The standard InChI is InChI=1S/C10H13N5/c1-2-15-10(13-7-14-15)8-3-4-12-9(5-8)6-11/h3-5,7H,2,6,11H2,1H3. The lowest BCUT2D eigenvalue weighted by molar-refractivity contribution is 0.665. The summed E-state index contributed by atoms with van der Waals surface area (Å²) in [6.45, 7) is 3.27. The van der Waals surface area contributed by atoms with Gasteiger partial charge in [0.05, 0.1) is 5.69 Å². The van der Waals surface area contributed by atoms with Crippen LogP contribution in [0.15, 0.2) is 24.7 Å². The Morgan fingerprint density at radius 3 is 3.00 bits per heavy atom. The van der Waals surface area contributed by atoms with Crippen molar-refractivity contribution >= 4 is 0 Å². The maximum absolute atomic E-state index is 5.54. The highest BCUT2D eigenvalue weighted by Crippen LogP contribution is 2.16. The third-order valence-corrected chi connectivity index (χ3v) is 2.20. The molecular weight excluding hydrogens is 190 g/mol. The van der Waals surface area contributed by atoms with Crippen molar-refractivity contribution in [2.24, 2.45) is 5.73 Å². The highest BCUT2D eigenvalue weighted by atomic mass is 15.3. The van der Waals surface area contributed by atoms with Crippen LogP contribution in [-0.2, 0) is 13.1 Å². The van der Waals surface area contributed by atoms with Gasteiger partial charge in [-0.3, -0.25) is 4.98 Å². The molecule has 0 radical (unpaired) electrons. The molecule has 0 atom stereocenters. The molecule has 0 aliphatic heterocycles.